The SMILES string of the molecule is COc1ccc(-c2noc(-c3cn(Cc4ccc(NC(=O)Nc5cc(Cl)ccc5C)cc4)cn3)n2)cc1. The number of nitrogens with zero attached hydrogens (tertiary/aromatic N) is 4. The third-order valence-electron chi connectivity index (χ3n) is 5.65. The molecule has 2 N–H and O–H groups in total. The molecule has 0 aliphatic carbocycles. The largest absolute Gasteiger partial charge is 0.497 e. The van der Waals surface area contributed by atoms with Crippen LogP contribution in [0, 0.1) is 6.92 Å². The van der Waals surface area contributed by atoms with Gasteiger partial charge in [-0.1, -0.05) is 35.0 Å². The Morgan fingerprint density at radius 1 is 1.05 bits per heavy atom. The number of aromatic nitrogens is 4. The Hall–Kier alpha value is -4.63. The average molecular weight is 515 g/mol. The number of carbonyl (C=O) groups excluding carboxylic acids is 1. The number of benzene rings is 3. The van der Waals surface area contributed by atoms with Gasteiger partial charge in [-0.15, -0.1) is 0 Å². The maximum Gasteiger partial charge on any atom is 0.323 e. The molecule has 10 heteroatoms. The highest BCUT2D eigenvalue weighted by Gasteiger charge is 2.13. The Morgan fingerprint density at radius 3 is 2.59 bits per heavy atom. The van der Waals surface area contributed by atoms with E-state index in [1.54, 1.807) is 25.6 Å². The monoisotopic (exact) mass is 514 g/mol. The fraction of sp³-hybridized carbons (Fsp3) is 0.111. The van der Waals surface area contributed by atoms with E-state index in [1.165, 1.54) is 0 Å². The molecule has 0 saturated heterocycles. The van der Waals surface area contributed by atoms with Crippen LogP contribution in [-0.4, -0.2) is 32.8 Å². The molecule has 9 nitrogen and oxygen atoms in total. The van der Waals surface area contributed by atoms with Crippen LogP contribution in [0.4, 0.5) is 16.2 Å². The molecule has 0 atom stereocenters. The number of anilines is 2. The number of amides is 2. The van der Waals surface area contributed by atoms with E-state index in [-0.39, 0.29) is 6.03 Å². The molecule has 0 aliphatic heterocycles. The molecule has 0 saturated carbocycles. The number of halogens is 1. The molecule has 5 rings (SSSR count). The minimum absolute atomic E-state index is 0.338. The summed E-state index contributed by atoms with van der Waals surface area (Å²) in [5.41, 5.74) is 4.69. The summed E-state index contributed by atoms with van der Waals surface area (Å²) in [5.74, 6) is 1.57. The number of carbonyl (C=O) groups is 1. The van der Waals surface area contributed by atoms with Crippen molar-refractivity contribution >= 4 is 29.0 Å². The molecule has 0 aliphatic rings. The first-order chi connectivity index (χ1) is 18.0. The number of urea groups is 1. The van der Waals surface area contributed by atoms with E-state index < -0.39 is 0 Å². The van der Waals surface area contributed by atoms with Gasteiger partial charge in [-0.3, -0.25) is 0 Å². The number of nitrogens with one attached hydrogen (secondary N) is 2. The summed E-state index contributed by atoms with van der Waals surface area (Å²) in [6.07, 6.45) is 3.55. The van der Waals surface area contributed by atoms with Crippen molar-refractivity contribution < 1.29 is 14.1 Å². The number of aryl methyl sites for hydroxylation is 1. The lowest BCUT2D eigenvalue weighted by Gasteiger charge is -2.11. The first-order valence-corrected chi connectivity index (χ1v) is 11.8. The van der Waals surface area contributed by atoms with Gasteiger partial charge in [-0.2, -0.15) is 4.98 Å². The molecule has 2 amide bonds. The lowest BCUT2D eigenvalue weighted by atomic mass is 10.2. The van der Waals surface area contributed by atoms with Gasteiger partial charge in [-0.25, -0.2) is 9.78 Å². The highest BCUT2D eigenvalue weighted by atomic mass is 35.5. The van der Waals surface area contributed by atoms with Crippen LogP contribution in [0.5, 0.6) is 5.75 Å². The van der Waals surface area contributed by atoms with Gasteiger partial charge in [0.25, 0.3) is 5.89 Å². The van der Waals surface area contributed by atoms with Gasteiger partial charge in [-0.05, 0) is 66.6 Å². The zero-order chi connectivity index (χ0) is 25.8. The van der Waals surface area contributed by atoms with Crippen LogP contribution in [0.3, 0.4) is 0 Å². The number of rotatable bonds is 7. The predicted octanol–water partition coefficient (Wildman–Crippen LogP) is 6.26. The summed E-state index contributed by atoms with van der Waals surface area (Å²) in [6.45, 7) is 2.49. The van der Waals surface area contributed by atoms with Crippen molar-refractivity contribution in [2.24, 2.45) is 0 Å². The van der Waals surface area contributed by atoms with Gasteiger partial charge in [0.05, 0.1) is 13.4 Å². The second-order valence-electron chi connectivity index (χ2n) is 8.32. The van der Waals surface area contributed by atoms with Crippen LogP contribution in [0.2, 0.25) is 5.02 Å². The van der Waals surface area contributed by atoms with Crippen molar-refractivity contribution in [2.75, 3.05) is 17.7 Å². The number of hydrogen-bond acceptors (Lipinski definition) is 6. The first-order valence-electron chi connectivity index (χ1n) is 11.4. The van der Waals surface area contributed by atoms with Crippen LogP contribution in [0.1, 0.15) is 11.1 Å². The van der Waals surface area contributed by atoms with Crippen molar-refractivity contribution in [3.8, 4) is 28.7 Å². The minimum atomic E-state index is -0.342. The summed E-state index contributed by atoms with van der Waals surface area (Å²) < 4.78 is 12.5. The van der Waals surface area contributed by atoms with E-state index in [2.05, 4.69) is 25.8 Å². The number of ether oxygens (including phenoxy) is 1. The maximum atomic E-state index is 12.4. The van der Waals surface area contributed by atoms with Gasteiger partial charge >= 0.3 is 6.03 Å². The number of imidazole rings is 1. The van der Waals surface area contributed by atoms with Gasteiger partial charge < -0.3 is 24.5 Å². The van der Waals surface area contributed by atoms with E-state index in [4.69, 9.17) is 20.9 Å². The highest BCUT2D eigenvalue weighted by Crippen LogP contribution is 2.24. The van der Waals surface area contributed by atoms with Crippen LogP contribution in [-0.2, 0) is 6.54 Å². The highest BCUT2D eigenvalue weighted by molar-refractivity contribution is 6.31. The molecule has 0 radical (unpaired) electrons. The first kappa shape index (κ1) is 24.1. The summed E-state index contributed by atoms with van der Waals surface area (Å²) in [6, 6.07) is 20.0. The molecule has 2 aromatic heterocycles. The molecular formula is C27H23ClN6O3. The Bertz CT molecular complexity index is 1530. The van der Waals surface area contributed by atoms with E-state index in [9.17, 15) is 4.79 Å². The molecule has 0 spiro atoms. The normalized spacial score (nSPS) is 10.8. The van der Waals surface area contributed by atoms with E-state index in [1.807, 2.05) is 72.3 Å². The number of methoxy groups -OCH3 is 1. The van der Waals surface area contributed by atoms with Crippen LogP contribution < -0.4 is 15.4 Å². The summed E-state index contributed by atoms with van der Waals surface area (Å²) in [4.78, 5) is 21.2. The summed E-state index contributed by atoms with van der Waals surface area (Å²) in [5, 5.41) is 10.3. The van der Waals surface area contributed by atoms with Gasteiger partial charge in [0, 0.05) is 34.7 Å². The smallest absolute Gasteiger partial charge is 0.323 e. The lowest BCUT2D eigenvalue weighted by Crippen LogP contribution is -2.20. The third-order valence-corrected chi connectivity index (χ3v) is 5.89. The van der Waals surface area contributed by atoms with Gasteiger partial charge in [0.2, 0.25) is 5.82 Å². The molecule has 186 valence electrons. The predicted molar refractivity (Wildman–Crippen MR) is 142 cm³/mol. The molecule has 0 bridgehead atoms. The topological polar surface area (TPSA) is 107 Å². The van der Waals surface area contributed by atoms with Crippen molar-refractivity contribution in [3.63, 3.8) is 0 Å². The van der Waals surface area contributed by atoms with Gasteiger partial charge in [0.1, 0.15) is 11.4 Å². The van der Waals surface area contributed by atoms with Crippen molar-refractivity contribution in [1.82, 2.24) is 19.7 Å². The second-order valence-corrected chi connectivity index (χ2v) is 8.75. The van der Waals surface area contributed by atoms with Crippen molar-refractivity contribution in [1.29, 1.82) is 0 Å². The second kappa shape index (κ2) is 10.5. The Balaban J connectivity index is 1.19. The Kier molecular flexibility index (Phi) is 6.87. The molecule has 37 heavy (non-hydrogen) atoms. The van der Waals surface area contributed by atoms with Crippen molar-refractivity contribution in [2.45, 2.75) is 13.5 Å². The molecular weight excluding hydrogens is 492 g/mol. The van der Waals surface area contributed by atoms with E-state index in [0.717, 1.165) is 22.4 Å². The van der Waals surface area contributed by atoms with Crippen LogP contribution in [0.15, 0.2) is 83.8 Å². The average Bonchev–Trinajstić information content (AvgIpc) is 3.57. The van der Waals surface area contributed by atoms with E-state index in [0.29, 0.717) is 40.4 Å². The molecule has 5 aromatic rings. The zero-order valence-electron chi connectivity index (χ0n) is 20.1. The molecule has 2 heterocycles. The van der Waals surface area contributed by atoms with Crippen LogP contribution in [0.25, 0.3) is 23.0 Å². The quantitative estimate of drug-likeness (QED) is 0.265. The molecule has 0 unspecified atom stereocenters. The minimum Gasteiger partial charge on any atom is -0.497 e. The third kappa shape index (κ3) is 5.79. The fourth-order valence-corrected chi connectivity index (χ4v) is 3.83. The van der Waals surface area contributed by atoms with Gasteiger partial charge in [0.15, 0.2) is 0 Å². The summed E-state index contributed by atoms with van der Waals surface area (Å²) >= 11 is 6.02. The Morgan fingerprint density at radius 2 is 1.84 bits per heavy atom. The van der Waals surface area contributed by atoms with Crippen molar-refractivity contribution in [3.05, 3.63) is 95.4 Å². The lowest BCUT2D eigenvalue weighted by molar-refractivity contribution is 0.262. The summed E-state index contributed by atoms with van der Waals surface area (Å²) in [7, 11) is 1.62. The number of hydrogen-bond donors (Lipinski definition) is 2. The zero-order valence-corrected chi connectivity index (χ0v) is 20.9. The molecule has 3 aromatic carbocycles. The maximum absolute atomic E-state index is 12.4. The standard InChI is InChI=1S/C27H23ClN6O3/c1-17-3-8-20(28)13-23(17)31-27(35)30-21-9-4-18(5-10-21)14-34-15-24(29-16-34)26-32-25(33-37-26)19-6-11-22(36-2)12-7-19/h3-13,15-16H,14H2,1-2H3,(H2,30,31,35). The van der Waals surface area contributed by atoms with E-state index >= 15 is 0 Å². The van der Waals surface area contributed by atoms with Crippen LogP contribution >= 0.6 is 11.6 Å². The fourth-order valence-electron chi connectivity index (χ4n) is 3.66. The Labute approximate surface area is 218 Å². The molecule has 0 fully saturated rings.